The first-order chi connectivity index (χ1) is 13.6. The van der Waals surface area contributed by atoms with Crippen molar-refractivity contribution in [1.82, 2.24) is 15.1 Å². The predicted octanol–water partition coefficient (Wildman–Crippen LogP) is 2.38. The third-order valence-corrected chi connectivity index (χ3v) is 5.45. The van der Waals surface area contributed by atoms with Crippen LogP contribution in [0.2, 0.25) is 0 Å². The lowest BCUT2D eigenvalue weighted by atomic mass is 10.0. The molecule has 29 heavy (non-hydrogen) atoms. The van der Waals surface area contributed by atoms with Crippen LogP contribution in [0.15, 0.2) is 48.5 Å². The zero-order chi connectivity index (χ0) is 19.7. The van der Waals surface area contributed by atoms with Gasteiger partial charge < -0.3 is 10.2 Å². The SMILES string of the molecule is CC1CNCCN1C(=O)c1ccc2c(c1)C(=O)N(CCc1ccccc1)C2=O.Cl. The van der Waals surface area contributed by atoms with Crippen LogP contribution in [0.4, 0.5) is 0 Å². The molecule has 0 aliphatic carbocycles. The maximum absolute atomic E-state index is 12.9. The van der Waals surface area contributed by atoms with Crippen molar-refractivity contribution < 1.29 is 14.4 Å². The minimum Gasteiger partial charge on any atom is -0.333 e. The van der Waals surface area contributed by atoms with Crippen LogP contribution < -0.4 is 5.32 Å². The summed E-state index contributed by atoms with van der Waals surface area (Å²) in [6.07, 6.45) is 0.608. The monoisotopic (exact) mass is 413 g/mol. The summed E-state index contributed by atoms with van der Waals surface area (Å²) < 4.78 is 0. The molecule has 0 bridgehead atoms. The van der Waals surface area contributed by atoms with E-state index in [1.807, 2.05) is 42.2 Å². The fourth-order valence-corrected chi connectivity index (χ4v) is 3.82. The van der Waals surface area contributed by atoms with Crippen LogP contribution in [0.5, 0.6) is 0 Å². The van der Waals surface area contributed by atoms with Crippen molar-refractivity contribution in [3.63, 3.8) is 0 Å². The van der Waals surface area contributed by atoms with E-state index in [9.17, 15) is 14.4 Å². The maximum atomic E-state index is 12.9. The zero-order valence-corrected chi connectivity index (χ0v) is 17.1. The van der Waals surface area contributed by atoms with Crippen molar-refractivity contribution in [2.75, 3.05) is 26.2 Å². The Morgan fingerprint density at radius 1 is 1.07 bits per heavy atom. The second-order valence-corrected chi connectivity index (χ2v) is 7.31. The van der Waals surface area contributed by atoms with Gasteiger partial charge in [-0.1, -0.05) is 30.3 Å². The summed E-state index contributed by atoms with van der Waals surface area (Å²) in [6.45, 7) is 4.46. The number of imide groups is 1. The molecule has 0 spiro atoms. The fourth-order valence-electron chi connectivity index (χ4n) is 3.82. The van der Waals surface area contributed by atoms with Crippen molar-refractivity contribution >= 4 is 30.1 Å². The second kappa shape index (κ2) is 8.76. The Kier molecular flexibility index (Phi) is 6.35. The average molecular weight is 414 g/mol. The second-order valence-electron chi connectivity index (χ2n) is 7.31. The number of hydrogen-bond donors (Lipinski definition) is 1. The Morgan fingerprint density at radius 3 is 2.52 bits per heavy atom. The fraction of sp³-hybridized carbons (Fsp3) is 0.318. The molecule has 1 unspecified atom stereocenters. The van der Waals surface area contributed by atoms with Gasteiger partial charge in [0.15, 0.2) is 0 Å². The summed E-state index contributed by atoms with van der Waals surface area (Å²) in [5.74, 6) is -0.704. The molecule has 6 nitrogen and oxygen atoms in total. The van der Waals surface area contributed by atoms with Gasteiger partial charge in [-0.2, -0.15) is 0 Å². The molecule has 2 aromatic rings. The number of piperazine rings is 1. The topological polar surface area (TPSA) is 69.7 Å². The Balaban J connectivity index is 0.00000240. The Hall–Kier alpha value is -2.70. The molecule has 152 valence electrons. The molecule has 3 amide bonds. The highest BCUT2D eigenvalue weighted by Crippen LogP contribution is 2.25. The molecule has 1 atom stereocenters. The van der Waals surface area contributed by atoms with E-state index in [1.165, 1.54) is 4.90 Å². The summed E-state index contributed by atoms with van der Waals surface area (Å²) in [4.78, 5) is 41.4. The lowest BCUT2D eigenvalue weighted by Crippen LogP contribution is -2.52. The molecule has 0 radical (unpaired) electrons. The molecular weight excluding hydrogens is 390 g/mol. The van der Waals surface area contributed by atoms with Crippen molar-refractivity contribution in [2.45, 2.75) is 19.4 Å². The predicted molar refractivity (Wildman–Crippen MR) is 113 cm³/mol. The van der Waals surface area contributed by atoms with Crippen molar-refractivity contribution in [3.05, 3.63) is 70.8 Å². The largest absolute Gasteiger partial charge is 0.333 e. The van der Waals surface area contributed by atoms with E-state index < -0.39 is 0 Å². The summed E-state index contributed by atoms with van der Waals surface area (Å²) >= 11 is 0. The summed E-state index contributed by atoms with van der Waals surface area (Å²) in [6, 6.07) is 14.7. The van der Waals surface area contributed by atoms with Gasteiger partial charge in [-0.05, 0) is 37.1 Å². The number of carbonyl (C=O) groups is 3. The van der Waals surface area contributed by atoms with Crippen molar-refractivity contribution in [1.29, 1.82) is 0 Å². The number of nitrogens with zero attached hydrogens (tertiary/aromatic N) is 2. The zero-order valence-electron chi connectivity index (χ0n) is 16.3. The highest BCUT2D eigenvalue weighted by atomic mass is 35.5. The van der Waals surface area contributed by atoms with E-state index in [2.05, 4.69) is 5.32 Å². The van der Waals surface area contributed by atoms with Crippen molar-refractivity contribution in [2.24, 2.45) is 0 Å². The number of hydrogen-bond acceptors (Lipinski definition) is 4. The molecule has 2 heterocycles. The van der Waals surface area contributed by atoms with Gasteiger partial charge >= 0.3 is 0 Å². The highest BCUT2D eigenvalue weighted by molar-refractivity contribution is 6.22. The van der Waals surface area contributed by atoms with Gasteiger partial charge in [0.1, 0.15) is 0 Å². The number of benzene rings is 2. The normalized spacial score (nSPS) is 18.4. The van der Waals surface area contributed by atoms with Gasteiger partial charge in [-0.25, -0.2) is 0 Å². The van der Waals surface area contributed by atoms with Crippen LogP contribution in [-0.2, 0) is 6.42 Å². The lowest BCUT2D eigenvalue weighted by Gasteiger charge is -2.34. The molecule has 7 heteroatoms. The smallest absolute Gasteiger partial charge is 0.261 e. The molecule has 1 N–H and O–H groups in total. The van der Waals surface area contributed by atoms with Crippen LogP contribution in [0.3, 0.4) is 0 Å². The number of fused-ring (bicyclic) bond motifs is 1. The lowest BCUT2D eigenvalue weighted by molar-refractivity contribution is 0.0648. The molecule has 4 rings (SSSR count). The van der Waals surface area contributed by atoms with Gasteiger partial charge in [0.25, 0.3) is 17.7 Å². The number of rotatable bonds is 4. The van der Waals surface area contributed by atoms with E-state index in [0.717, 1.165) is 18.7 Å². The van der Waals surface area contributed by atoms with Gasteiger partial charge in [-0.3, -0.25) is 19.3 Å². The third kappa shape index (κ3) is 4.04. The number of carbonyl (C=O) groups excluding carboxylic acids is 3. The maximum Gasteiger partial charge on any atom is 0.261 e. The first-order valence-electron chi connectivity index (χ1n) is 9.62. The van der Waals surface area contributed by atoms with Crippen LogP contribution >= 0.6 is 12.4 Å². The standard InChI is InChI=1S/C22H23N3O3.ClH/c1-15-14-23-10-12-24(15)20(26)17-7-8-18-19(13-17)22(28)25(21(18)27)11-9-16-5-3-2-4-6-16;/h2-8,13,15,23H,9-12,14H2,1H3;1H. The van der Waals surface area contributed by atoms with Crippen LogP contribution in [0, 0.1) is 0 Å². The van der Waals surface area contributed by atoms with E-state index in [0.29, 0.717) is 36.2 Å². The van der Waals surface area contributed by atoms with E-state index in [-0.39, 0.29) is 36.2 Å². The van der Waals surface area contributed by atoms with Crippen molar-refractivity contribution in [3.8, 4) is 0 Å². The number of amides is 3. The van der Waals surface area contributed by atoms with Crippen LogP contribution in [0.25, 0.3) is 0 Å². The number of halogens is 1. The van der Waals surface area contributed by atoms with Crippen LogP contribution in [-0.4, -0.2) is 59.7 Å². The third-order valence-electron chi connectivity index (χ3n) is 5.45. The van der Waals surface area contributed by atoms with Gasteiger partial charge in [0.2, 0.25) is 0 Å². The molecule has 0 saturated carbocycles. The Morgan fingerprint density at radius 2 is 1.79 bits per heavy atom. The van der Waals surface area contributed by atoms with Gasteiger partial charge in [-0.15, -0.1) is 12.4 Å². The molecule has 0 aromatic heterocycles. The minimum absolute atomic E-state index is 0. The summed E-state index contributed by atoms with van der Waals surface area (Å²) in [7, 11) is 0. The molecule has 2 aromatic carbocycles. The van der Waals surface area contributed by atoms with Gasteiger partial charge in [0, 0.05) is 37.8 Å². The van der Waals surface area contributed by atoms with E-state index in [1.54, 1.807) is 18.2 Å². The molecule has 2 aliphatic rings. The van der Waals surface area contributed by atoms with E-state index >= 15 is 0 Å². The van der Waals surface area contributed by atoms with Crippen LogP contribution in [0.1, 0.15) is 43.6 Å². The first-order valence-corrected chi connectivity index (χ1v) is 9.62. The number of nitrogens with one attached hydrogen (secondary N) is 1. The summed E-state index contributed by atoms with van der Waals surface area (Å²) in [5, 5.41) is 3.26. The highest BCUT2D eigenvalue weighted by Gasteiger charge is 2.36. The minimum atomic E-state index is -0.320. The summed E-state index contributed by atoms with van der Waals surface area (Å²) in [5.41, 5.74) is 2.23. The van der Waals surface area contributed by atoms with Gasteiger partial charge in [0.05, 0.1) is 11.1 Å². The molecule has 1 saturated heterocycles. The molecule has 1 fully saturated rings. The first kappa shape index (κ1) is 21.0. The quantitative estimate of drug-likeness (QED) is 0.781. The Labute approximate surface area is 176 Å². The van der Waals surface area contributed by atoms with E-state index in [4.69, 9.17) is 0 Å². The Bertz CT molecular complexity index is 932. The average Bonchev–Trinajstić information content (AvgIpc) is 2.96. The molecule has 2 aliphatic heterocycles. The molecular formula is C22H24ClN3O3.